The van der Waals surface area contributed by atoms with Crippen molar-refractivity contribution in [1.29, 1.82) is 0 Å². The summed E-state index contributed by atoms with van der Waals surface area (Å²) in [5.74, 6) is -0.0209. The molecular formula is C15H18N2OS. The van der Waals surface area contributed by atoms with Crippen molar-refractivity contribution in [1.82, 2.24) is 4.90 Å². The minimum absolute atomic E-state index is 0.123. The predicted molar refractivity (Wildman–Crippen MR) is 80.3 cm³/mol. The van der Waals surface area contributed by atoms with Crippen LogP contribution in [0.1, 0.15) is 16.4 Å². The fourth-order valence-corrected chi connectivity index (χ4v) is 2.77. The summed E-state index contributed by atoms with van der Waals surface area (Å²) in [6, 6.07) is 11.7. The van der Waals surface area contributed by atoms with Crippen LogP contribution < -0.4 is 5.73 Å². The van der Waals surface area contributed by atoms with Crippen molar-refractivity contribution in [3.8, 4) is 0 Å². The van der Waals surface area contributed by atoms with Crippen LogP contribution in [-0.4, -0.2) is 24.9 Å². The van der Waals surface area contributed by atoms with Gasteiger partial charge in [-0.2, -0.15) is 0 Å². The van der Waals surface area contributed by atoms with E-state index in [0.717, 1.165) is 17.7 Å². The number of amides is 1. The molecule has 0 saturated heterocycles. The van der Waals surface area contributed by atoms with Gasteiger partial charge in [-0.1, -0.05) is 18.2 Å². The number of carbonyl (C=O) groups is 1. The van der Waals surface area contributed by atoms with E-state index in [1.54, 1.807) is 30.3 Å². The third-order valence-electron chi connectivity index (χ3n) is 3.06. The van der Waals surface area contributed by atoms with Gasteiger partial charge >= 0.3 is 0 Å². The van der Waals surface area contributed by atoms with E-state index in [9.17, 15) is 4.79 Å². The summed E-state index contributed by atoms with van der Waals surface area (Å²) in [6.45, 7) is 0. The molecule has 1 heterocycles. The third-order valence-corrected chi connectivity index (χ3v) is 3.96. The topological polar surface area (TPSA) is 46.3 Å². The predicted octanol–water partition coefficient (Wildman–Crippen LogP) is 2.74. The van der Waals surface area contributed by atoms with Crippen molar-refractivity contribution < 1.29 is 4.79 Å². The van der Waals surface area contributed by atoms with Gasteiger partial charge in [0.2, 0.25) is 5.91 Å². The zero-order valence-electron chi connectivity index (χ0n) is 11.2. The van der Waals surface area contributed by atoms with Crippen molar-refractivity contribution in [2.75, 3.05) is 19.8 Å². The lowest BCUT2D eigenvalue weighted by molar-refractivity contribution is -0.130. The van der Waals surface area contributed by atoms with Crippen molar-refractivity contribution in [3.05, 3.63) is 52.2 Å². The van der Waals surface area contributed by atoms with Crippen LogP contribution in [0.15, 0.2) is 41.8 Å². The van der Waals surface area contributed by atoms with Gasteiger partial charge in [0.25, 0.3) is 0 Å². The summed E-state index contributed by atoms with van der Waals surface area (Å²) in [4.78, 5) is 15.2. The molecule has 0 aliphatic heterocycles. The zero-order valence-corrected chi connectivity index (χ0v) is 12.0. The monoisotopic (exact) mass is 274 g/mol. The van der Waals surface area contributed by atoms with Gasteiger partial charge in [0.1, 0.15) is 0 Å². The molecular weight excluding hydrogens is 256 g/mol. The number of nitrogens with two attached hydrogens (primary N) is 1. The van der Waals surface area contributed by atoms with Crippen molar-refractivity contribution >= 4 is 22.9 Å². The summed E-state index contributed by atoms with van der Waals surface area (Å²) >= 11 is 1.68. The molecule has 3 nitrogen and oxygen atoms in total. The molecule has 100 valence electrons. The van der Waals surface area contributed by atoms with Gasteiger partial charge in [-0.25, -0.2) is 0 Å². The number of nitrogen functional groups attached to an aromatic ring is 1. The standard InChI is InChI=1S/C15H18N2OS/c1-17(2)15(18)14(10-13-4-3-9-19-13)11-5-7-12(16)8-6-11/h3-9,14H,10,16H2,1-2H3. The largest absolute Gasteiger partial charge is 0.399 e. The maximum absolute atomic E-state index is 12.4. The van der Waals surface area contributed by atoms with Crippen LogP contribution >= 0.6 is 11.3 Å². The Hall–Kier alpha value is -1.81. The Morgan fingerprint density at radius 3 is 2.47 bits per heavy atom. The molecule has 0 aliphatic carbocycles. The van der Waals surface area contributed by atoms with Gasteiger partial charge in [0.15, 0.2) is 0 Å². The number of anilines is 1. The number of benzene rings is 1. The van der Waals surface area contributed by atoms with E-state index in [1.165, 1.54) is 4.88 Å². The molecule has 2 N–H and O–H groups in total. The number of thiophene rings is 1. The second-order valence-corrected chi connectivity index (χ2v) is 5.77. The van der Waals surface area contributed by atoms with Crippen LogP contribution in [0.4, 0.5) is 5.69 Å². The summed E-state index contributed by atoms with van der Waals surface area (Å²) in [5, 5.41) is 2.04. The highest BCUT2D eigenvalue weighted by molar-refractivity contribution is 7.09. The molecule has 1 unspecified atom stereocenters. The number of likely N-dealkylation sites (N-methyl/N-ethyl adjacent to an activating group) is 1. The van der Waals surface area contributed by atoms with Crippen LogP contribution in [0.25, 0.3) is 0 Å². The van der Waals surface area contributed by atoms with Gasteiger partial charge in [-0.05, 0) is 35.6 Å². The Balaban J connectivity index is 2.28. The smallest absolute Gasteiger partial charge is 0.229 e. The van der Waals surface area contributed by atoms with Crippen molar-refractivity contribution in [2.45, 2.75) is 12.3 Å². The normalized spacial score (nSPS) is 12.1. The van der Waals surface area contributed by atoms with E-state index in [2.05, 4.69) is 6.07 Å². The summed E-state index contributed by atoms with van der Waals surface area (Å²) in [7, 11) is 3.59. The molecule has 1 atom stereocenters. The maximum atomic E-state index is 12.4. The average Bonchev–Trinajstić information content (AvgIpc) is 2.89. The summed E-state index contributed by atoms with van der Waals surface area (Å²) in [6.07, 6.45) is 0.735. The second kappa shape index (κ2) is 5.89. The Bertz CT molecular complexity index is 532. The minimum Gasteiger partial charge on any atom is -0.399 e. The van der Waals surface area contributed by atoms with Gasteiger partial charge in [0.05, 0.1) is 5.92 Å². The summed E-state index contributed by atoms with van der Waals surface area (Å²) in [5.41, 5.74) is 7.44. The molecule has 0 aliphatic rings. The van der Waals surface area contributed by atoms with Gasteiger partial charge in [-0.15, -0.1) is 11.3 Å². The van der Waals surface area contributed by atoms with E-state index in [0.29, 0.717) is 0 Å². The Labute approximate surface area is 117 Å². The highest BCUT2D eigenvalue weighted by Crippen LogP contribution is 2.25. The molecule has 4 heteroatoms. The fourth-order valence-electron chi connectivity index (χ4n) is 2.02. The Morgan fingerprint density at radius 1 is 1.26 bits per heavy atom. The summed E-state index contributed by atoms with van der Waals surface area (Å²) < 4.78 is 0. The van der Waals surface area contributed by atoms with Crippen molar-refractivity contribution in [3.63, 3.8) is 0 Å². The van der Waals surface area contributed by atoms with E-state index < -0.39 is 0 Å². The van der Waals surface area contributed by atoms with Crippen LogP contribution in [-0.2, 0) is 11.2 Å². The second-order valence-electron chi connectivity index (χ2n) is 4.74. The first kappa shape index (κ1) is 13.6. The Kier molecular flexibility index (Phi) is 4.22. The van der Waals surface area contributed by atoms with Gasteiger partial charge < -0.3 is 10.6 Å². The molecule has 1 amide bonds. The molecule has 2 rings (SSSR count). The first-order valence-electron chi connectivity index (χ1n) is 6.17. The molecule has 2 aromatic rings. The SMILES string of the molecule is CN(C)C(=O)C(Cc1cccs1)c1ccc(N)cc1. The van der Waals surface area contributed by atoms with E-state index >= 15 is 0 Å². The zero-order chi connectivity index (χ0) is 13.8. The van der Waals surface area contributed by atoms with Crippen LogP contribution in [0.2, 0.25) is 0 Å². The molecule has 1 aromatic carbocycles. The molecule has 0 radical (unpaired) electrons. The number of nitrogens with zero attached hydrogens (tertiary/aromatic N) is 1. The minimum atomic E-state index is -0.144. The third kappa shape index (κ3) is 3.35. The first-order chi connectivity index (χ1) is 9.08. The molecule has 0 spiro atoms. The molecule has 1 aromatic heterocycles. The van der Waals surface area contributed by atoms with Gasteiger partial charge in [0, 0.05) is 24.7 Å². The number of hydrogen-bond acceptors (Lipinski definition) is 3. The molecule has 0 bridgehead atoms. The average molecular weight is 274 g/mol. The Morgan fingerprint density at radius 2 is 1.95 bits per heavy atom. The molecule has 0 saturated carbocycles. The number of rotatable bonds is 4. The highest BCUT2D eigenvalue weighted by atomic mass is 32.1. The first-order valence-corrected chi connectivity index (χ1v) is 7.05. The van der Waals surface area contributed by atoms with Gasteiger partial charge in [-0.3, -0.25) is 4.79 Å². The van der Waals surface area contributed by atoms with E-state index in [-0.39, 0.29) is 11.8 Å². The molecule has 0 fully saturated rings. The highest BCUT2D eigenvalue weighted by Gasteiger charge is 2.22. The van der Waals surface area contributed by atoms with Crippen LogP contribution in [0.5, 0.6) is 0 Å². The lowest BCUT2D eigenvalue weighted by Gasteiger charge is -2.20. The lowest BCUT2D eigenvalue weighted by atomic mass is 9.93. The quantitative estimate of drug-likeness (QED) is 0.871. The molecule has 19 heavy (non-hydrogen) atoms. The number of hydrogen-bond donors (Lipinski definition) is 1. The van der Waals surface area contributed by atoms with E-state index in [1.807, 2.05) is 35.7 Å². The van der Waals surface area contributed by atoms with Crippen molar-refractivity contribution in [2.24, 2.45) is 0 Å². The fraction of sp³-hybridized carbons (Fsp3) is 0.267. The number of carbonyl (C=O) groups excluding carboxylic acids is 1. The maximum Gasteiger partial charge on any atom is 0.229 e. The van der Waals surface area contributed by atoms with E-state index in [4.69, 9.17) is 5.73 Å². The van der Waals surface area contributed by atoms with Crippen LogP contribution in [0.3, 0.4) is 0 Å². The van der Waals surface area contributed by atoms with Crippen LogP contribution in [0, 0.1) is 0 Å². The lowest BCUT2D eigenvalue weighted by Crippen LogP contribution is -2.29.